The van der Waals surface area contributed by atoms with Gasteiger partial charge in [0.05, 0.1) is 6.61 Å². The number of hydrogen-bond acceptors (Lipinski definition) is 3. The van der Waals surface area contributed by atoms with Gasteiger partial charge in [0.15, 0.2) is 0 Å². The van der Waals surface area contributed by atoms with Crippen LogP contribution >= 0.6 is 0 Å². The number of carbonyl (C=O) groups is 1. The summed E-state index contributed by atoms with van der Waals surface area (Å²) < 4.78 is 0. The van der Waals surface area contributed by atoms with Crippen molar-refractivity contribution in [3.05, 3.63) is 59.3 Å². The Balaban J connectivity index is 1.78. The maximum absolute atomic E-state index is 11.8. The number of hydrogen-bond donors (Lipinski definition) is 2. The van der Waals surface area contributed by atoms with Gasteiger partial charge >= 0.3 is 0 Å². The van der Waals surface area contributed by atoms with Gasteiger partial charge in [0.25, 0.3) is 0 Å². The van der Waals surface area contributed by atoms with E-state index in [0.717, 1.165) is 18.4 Å². The van der Waals surface area contributed by atoms with E-state index in [1.54, 1.807) is 18.3 Å². The number of amides is 1. The SMILES string of the molecule is Cc1ccc(CCCC(=O)Nc2cc(CO)ccn2)cc1. The number of aliphatic hydroxyl groups excluding tert-OH is 1. The number of aryl methyl sites for hydroxylation is 2. The van der Waals surface area contributed by atoms with E-state index >= 15 is 0 Å². The molecule has 0 bridgehead atoms. The fraction of sp³-hybridized carbons (Fsp3) is 0.294. The van der Waals surface area contributed by atoms with Gasteiger partial charge in [0.2, 0.25) is 5.91 Å². The normalized spacial score (nSPS) is 10.4. The number of carbonyl (C=O) groups excluding carboxylic acids is 1. The van der Waals surface area contributed by atoms with Gasteiger partial charge in [-0.1, -0.05) is 29.8 Å². The number of aromatic nitrogens is 1. The molecule has 2 rings (SSSR count). The Labute approximate surface area is 124 Å². The molecule has 1 amide bonds. The molecule has 0 unspecified atom stereocenters. The van der Waals surface area contributed by atoms with E-state index in [-0.39, 0.29) is 12.5 Å². The van der Waals surface area contributed by atoms with Gasteiger partial charge in [0.1, 0.15) is 5.82 Å². The van der Waals surface area contributed by atoms with Crippen LogP contribution in [0.15, 0.2) is 42.6 Å². The summed E-state index contributed by atoms with van der Waals surface area (Å²) in [5.41, 5.74) is 3.22. The monoisotopic (exact) mass is 284 g/mol. The van der Waals surface area contributed by atoms with Gasteiger partial charge in [0, 0.05) is 12.6 Å². The van der Waals surface area contributed by atoms with Crippen LogP contribution in [0.5, 0.6) is 0 Å². The number of nitrogens with zero attached hydrogens (tertiary/aromatic N) is 1. The average Bonchev–Trinajstić information content (AvgIpc) is 2.49. The van der Waals surface area contributed by atoms with Crippen molar-refractivity contribution in [1.29, 1.82) is 0 Å². The van der Waals surface area contributed by atoms with Crippen LogP contribution in [0, 0.1) is 6.92 Å². The molecular formula is C17H20N2O2. The fourth-order valence-electron chi connectivity index (χ4n) is 2.05. The number of aliphatic hydroxyl groups is 1. The van der Waals surface area contributed by atoms with E-state index in [1.165, 1.54) is 11.1 Å². The Hall–Kier alpha value is -2.20. The van der Waals surface area contributed by atoms with E-state index in [1.807, 2.05) is 0 Å². The molecule has 2 aromatic rings. The van der Waals surface area contributed by atoms with E-state index in [2.05, 4.69) is 41.5 Å². The lowest BCUT2D eigenvalue weighted by Crippen LogP contribution is -2.12. The Morgan fingerprint density at radius 3 is 2.67 bits per heavy atom. The molecule has 0 aliphatic carbocycles. The predicted molar refractivity (Wildman–Crippen MR) is 82.9 cm³/mol. The van der Waals surface area contributed by atoms with Gasteiger partial charge in [-0.15, -0.1) is 0 Å². The minimum atomic E-state index is -0.0567. The van der Waals surface area contributed by atoms with Crippen LogP contribution in [0.2, 0.25) is 0 Å². The van der Waals surface area contributed by atoms with E-state index in [9.17, 15) is 4.79 Å². The standard InChI is InChI=1S/C17H20N2O2/c1-13-5-7-14(8-6-13)3-2-4-17(21)19-16-11-15(12-20)9-10-18-16/h5-11,20H,2-4,12H2,1H3,(H,18,19,21). The number of rotatable bonds is 6. The highest BCUT2D eigenvalue weighted by molar-refractivity contribution is 5.89. The van der Waals surface area contributed by atoms with E-state index in [0.29, 0.717) is 12.2 Å². The number of anilines is 1. The van der Waals surface area contributed by atoms with Gasteiger partial charge in [-0.2, -0.15) is 0 Å². The second-order valence-electron chi connectivity index (χ2n) is 5.09. The summed E-state index contributed by atoms with van der Waals surface area (Å²) in [5.74, 6) is 0.437. The summed E-state index contributed by atoms with van der Waals surface area (Å²) in [4.78, 5) is 15.9. The molecule has 0 saturated carbocycles. The molecule has 1 aromatic carbocycles. The molecular weight excluding hydrogens is 264 g/mol. The minimum absolute atomic E-state index is 0.0512. The van der Waals surface area contributed by atoms with Gasteiger partial charge in [-0.25, -0.2) is 4.98 Å². The van der Waals surface area contributed by atoms with Crippen LogP contribution in [-0.2, 0) is 17.8 Å². The second kappa shape index (κ2) is 7.55. The van der Waals surface area contributed by atoms with Crippen molar-refractivity contribution in [2.75, 3.05) is 5.32 Å². The zero-order valence-electron chi connectivity index (χ0n) is 12.2. The molecule has 2 N–H and O–H groups in total. The van der Waals surface area contributed by atoms with Crippen molar-refractivity contribution in [3.8, 4) is 0 Å². The topological polar surface area (TPSA) is 62.2 Å². The highest BCUT2D eigenvalue weighted by Crippen LogP contribution is 2.10. The first-order valence-electron chi connectivity index (χ1n) is 7.08. The van der Waals surface area contributed by atoms with Crippen molar-refractivity contribution in [1.82, 2.24) is 4.98 Å². The van der Waals surface area contributed by atoms with Crippen LogP contribution in [0.25, 0.3) is 0 Å². The number of benzene rings is 1. The number of nitrogens with one attached hydrogen (secondary N) is 1. The summed E-state index contributed by atoms with van der Waals surface area (Å²) in [6.45, 7) is 2.00. The van der Waals surface area contributed by atoms with Crippen molar-refractivity contribution < 1.29 is 9.90 Å². The first kappa shape index (κ1) is 15.2. The third-order valence-corrected chi connectivity index (χ3v) is 3.26. The van der Waals surface area contributed by atoms with Crippen LogP contribution < -0.4 is 5.32 Å². The average molecular weight is 284 g/mol. The van der Waals surface area contributed by atoms with Crippen LogP contribution in [-0.4, -0.2) is 16.0 Å². The molecule has 0 aliphatic rings. The molecule has 1 aromatic heterocycles. The van der Waals surface area contributed by atoms with Gasteiger partial charge < -0.3 is 10.4 Å². The summed E-state index contributed by atoms with van der Waals surface area (Å²) >= 11 is 0. The van der Waals surface area contributed by atoms with E-state index in [4.69, 9.17) is 5.11 Å². The lowest BCUT2D eigenvalue weighted by atomic mass is 10.1. The Morgan fingerprint density at radius 2 is 1.95 bits per heavy atom. The Bertz CT molecular complexity index is 594. The lowest BCUT2D eigenvalue weighted by molar-refractivity contribution is -0.116. The zero-order chi connectivity index (χ0) is 15.1. The summed E-state index contributed by atoms with van der Waals surface area (Å²) in [5, 5.41) is 11.8. The molecule has 4 nitrogen and oxygen atoms in total. The van der Waals surface area contributed by atoms with Gasteiger partial charge in [-0.05, 0) is 43.0 Å². The quantitative estimate of drug-likeness (QED) is 0.857. The minimum Gasteiger partial charge on any atom is -0.392 e. The lowest BCUT2D eigenvalue weighted by Gasteiger charge is -2.06. The predicted octanol–water partition coefficient (Wildman–Crippen LogP) is 2.84. The molecule has 4 heteroatoms. The third kappa shape index (κ3) is 5.00. The largest absolute Gasteiger partial charge is 0.392 e. The maximum atomic E-state index is 11.8. The Morgan fingerprint density at radius 1 is 1.19 bits per heavy atom. The van der Waals surface area contributed by atoms with Crippen molar-refractivity contribution >= 4 is 11.7 Å². The second-order valence-corrected chi connectivity index (χ2v) is 5.09. The summed E-state index contributed by atoms with van der Waals surface area (Å²) in [7, 11) is 0. The highest BCUT2D eigenvalue weighted by atomic mass is 16.3. The number of pyridine rings is 1. The molecule has 1 heterocycles. The van der Waals surface area contributed by atoms with E-state index < -0.39 is 0 Å². The van der Waals surface area contributed by atoms with Crippen LogP contribution in [0.1, 0.15) is 29.5 Å². The first-order valence-corrected chi connectivity index (χ1v) is 7.08. The van der Waals surface area contributed by atoms with Crippen LogP contribution in [0.3, 0.4) is 0 Å². The first-order chi connectivity index (χ1) is 10.2. The molecule has 0 saturated heterocycles. The molecule has 21 heavy (non-hydrogen) atoms. The molecule has 0 radical (unpaired) electrons. The summed E-state index contributed by atoms with van der Waals surface area (Å²) in [6, 6.07) is 11.8. The molecule has 110 valence electrons. The van der Waals surface area contributed by atoms with Crippen molar-refractivity contribution in [3.63, 3.8) is 0 Å². The van der Waals surface area contributed by atoms with Crippen molar-refractivity contribution in [2.45, 2.75) is 32.8 Å². The highest BCUT2D eigenvalue weighted by Gasteiger charge is 2.04. The zero-order valence-corrected chi connectivity index (χ0v) is 12.2. The Kier molecular flexibility index (Phi) is 5.46. The summed E-state index contributed by atoms with van der Waals surface area (Å²) in [6.07, 6.45) is 3.72. The molecule has 0 fully saturated rings. The third-order valence-electron chi connectivity index (χ3n) is 3.26. The smallest absolute Gasteiger partial charge is 0.225 e. The molecule has 0 spiro atoms. The molecule has 0 atom stereocenters. The maximum Gasteiger partial charge on any atom is 0.225 e. The van der Waals surface area contributed by atoms with Crippen molar-refractivity contribution in [2.24, 2.45) is 0 Å². The fourth-order valence-corrected chi connectivity index (χ4v) is 2.05. The molecule has 0 aliphatic heterocycles. The van der Waals surface area contributed by atoms with Crippen LogP contribution in [0.4, 0.5) is 5.82 Å². The van der Waals surface area contributed by atoms with Gasteiger partial charge in [-0.3, -0.25) is 4.79 Å².